The molecule has 1 fully saturated rings. The van der Waals surface area contributed by atoms with Gasteiger partial charge in [-0.05, 0) is 59.3 Å². The largest absolute Gasteiger partial charge is 0.378 e. The zero-order valence-corrected chi connectivity index (χ0v) is 22.1. The van der Waals surface area contributed by atoms with Crippen molar-refractivity contribution >= 4 is 34.4 Å². The van der Waals surface area contributed by atoms with Crippen molar-refractivity contribution < 1.29 is 19.1 Å². The predicted molar refractivity (Wildman–Crippen MR) is 151 cm³/mol. The minimum absolute atomic E-state index is 0.0421. The number of aryl methyl sites for hydroxylation is 1. The number of carbonyl (C=O) groups excluding carboxylic acids is 3. The average molecular weight is 524 g/mol. The molecule has 0 spiro atoms. The Kier molecular flexibility index (Phi) is 7.91. The lowest BCUT2D eigenvalue weighted by molar-refractivity contribution is 0.0986. The van der Waals surface area contributed by atoms with Crippen molar-refractivity contribution in [3.05, 3.63) is 123 Å². The molecule has 2 heterocycles. The Balaban J connectivity index is 1.17. The molecule has 1 aliphatic rings. The minimum atomic E-state index is -0.0895. The van der Waals surface area contributed by atoms with E-state index in [1.54, 1.807) is 24.3 Å². The van der Waals surface area contributed by atoms with E-state index < -0.39 is 0 Å². The molecular weight excluding hydrogens is 494 g/mol. The minimum Gasteiger partial charge on any atom is -0.378 e. The number of benzene rings is 3. The van der Waals surface area contributed by atoms with Gasteiger partial charge < -0.3 is 9.64 Å². The molecule has 0 atom stereocenters. The summed E-state index contributed by atoms with van der Waals surface area (Å²) in [5, 5.41) is 1.97. The maximum absolute atomic E-state index is 13.0. The number of nitrogens with zero attached hydrogens (tertiary/aromatic N) is 1. The number of ketones is 3. The number of thiophene rings is 1. The Morgan fingerprint density at radius 3 is 1.79 bits per heavy atom. The van der Waals surface area contributed by atoms with E-state index >= 15 is 0 Å². The number of morpholine rings is 1. The molecule has 1 aliphatic heterocycles. The Morgan fingerprint density at radius 1 is 0.737 bits per heavy atom. The normalized spacial score (nSPS) is 13.3. The summed E-state index contributed by atoms with van der Waals surface area (Å²) >= 11 is 1.46. The van der Waals surface area contributed by atoms with Crippen LogP contribution >= 0.6 is 11.3 Å². The van der Waals surface area contributed by atoms with Gasteiger partial charge in [0.15, 0.2) is 17.3 Å². The zero-order valence-electron chi connectivity index (χ0n) is 21.3. The van der Waals surface area contributed by atoms with E-state index in [2.05, 4.69) is 4.90 Å². The average Bonchev–Trinajstić information content (AvgIpc) is 3.40. The number of carbonyl (C=O) groups is 3. The molecule has 0 amide bonds. The maximum atomic E-state index is 13.0. The molecule has 6 heteroatoms. The van der Waals surface area contributed by atoms with Gasteiger partial charge in [-0.15, -0.1) is 11.3 Å². The molecule has 1 aromatic heterocycles. The quantitative estimate of drug-likeness (QED) is 0.253. The van der Waals surface area contributed by atoms with Crippen LogP contribution in [-0.4, -0.2) is 43.7 Å². The number of Topliss-reactive ketones (excluding diaryl/α,β-unsaturated/α-hetero) is 2. The highest BCUT2D eigenvalue weighted by atomic mass is 32.1. The van der Waals surface area contributed by atoms with Crippen LogP contribution in [0.3, 0.4) is 0 Å². The van der Waals surface area contributed by atoms with Gasteiger partial charge in [-0.3, -0.25) is 14.4 Å². The van der Waals surface area contributed by atoms with E-state index in [0.29, 0.717) is 23.1 Å². The third-order valence-electron chi connectivity index (χ3n) is 6.73. The SMILES string of the molecule is Cc1csc(C(=O)Cc2ccc(C(=O)c3ccc(CC(=O)c4ccc(N5CCOCC5)cc4)cc3)cc2)c1. The van der Waals surface area contributed by atoms with Gasteiger partial charge in [0, 0.05) is 48.3 Å². The molecule has 3 aromatic carbocycles. The second-order valence-electron chi connectivity index (χ2n) is 9.56. The van der Waals surface area contributed by atoms with Crippen molar-refractivity contribution in [2.75, 3.05) is 31.2 Å². The Labute approximate surface area is 226 Å². The monoisotopic (exact) mass is 523 g/mol. The lowest BCUT2D eigenvalue weighted by Gasteiger charge is -2.28. The first-order valence-corrected chi connectivity index (χ1v) is 13.6. The summed E-state index contributed by atoms with van der Waals surface area (Å²) in [6, 6.07) is 24.1. The fraction of sp³-hybridized carbons (Fsp3) is 0.219. The van der Waals surface area contributed by atoms with Crippen LogP contribution in [0.15, 0.2) is 84.2 Å². The van der Waals surface area contributed by atoms with E-state index in [-0.39, 0.29) is 23.8 Å². The van der Waals surface area contributed by atoms with Crippen molar-refractivity contribution in [1.82, 2.24) is 0 Å². The first-order chi connectivity index (χ1) is 18.5. The first kappa shape index (κ1) is 25.8. The van der Waals surface area contributed by atoms with Crippen molar-refractivity contribution in [3.8, 4) is 0 Å². The topological polar surface area (TPSA) is 63.7 Å². The molecular formula is C32H29NO4S. The number of ether oxygens (including phenoxy) is 1. The van der Waals surface area contributed by atoms with Gasteiger partial charge in [0.2, 0.25) is 0 Å². The molecule has 1 saturated heterocycles. The van der Waals surface area contributed by atoms with E-state index in [0.717, 1.165) is 53.6 Å². The molecule has 38 heavy (non-hydrogen) atoms. The summed E-state index contributed by atoms with van der Waals surface area (Å²) in [5.41, 5.74) is 5.74. The summed E-state index contributed by atoms with van der Waals surface area (Å²) in [7, 11) is 0. The van der Waals surface area contributed by atoms with Gasteiger partial charge in [-0.2, -0.15) is 0 Å². The highest BCUT2D eigenvalue weighted by molar-refractivity contribution is 7.12. The lowest BCUT2D eigenvalue weighted by atomic mass is 9.97. The fourth-order valence-corrected chi connectivity index (χ4v) is 5.37. The van der Waals surface area contributed by atoms with E-state index in [4.69, 9.17) is 4.74 Å². The second kappa shape index (κ2) is 11.7. The van der Waals surface area contributed by atoms with Crippen LogP contribution in [0.5, 0.6) is 0 Å². The molecule has 0 N–H and O–H groups in total. The molecule has 0 bridgehead atoms. The smallest absolute Gasteiger partial charge is 0.193 e. The van der Waals surface area contributed by atoms with Gasteiger partial charge >= 0.3 is 0 Å². The number of hydrogen-bond acceptors (Lipinski definition) is 6. The summed E-state index contributed by atoms with van der Waals surface area (Å²) in [6.07, 6.45) is 0.588. The van der Waals surface area contributed by atoms with Gasteiger partial charge in [-0.1, -0.05) is 48.5 Å². The van der Waals surface area contributed by atoms with Crippen LogP contribution in [0.2, 0.25) is 0 Å². The van der Waals surface area contributed by atoms with Crippen LogP contribution < -0.4 is 4.90 Å². The van der Waals surface area contributed by atoms with E-state index in [1.165, 1.54) is 11.3 Å². The summed E-state index contributed by atoms with van der Waals surface area (Å²) in [5.74, 6) is 0.0362. The van der Waals surface area contributed by atoms with Crippen molar-refractivity contribution in [1.29, 1.82) is 0 Å². The molecule has 4 aromatic rings. The van der Waals surface area contributed by atoms with Crippen molar-refractivity contribution in [3.63, 3.8) is 0 Å². The molecule has 5 nitrogen and oxygen atoms in total. The maximum Gasteiger partial charge on any atom is 0.193 e. The zero-order chi connectivity index (χ0) is 26.5. The molecule has 192 valence electrons. The second-order valence-corrected chi connectivity index (χ2v) is 10.5. The predicted octanol–water partition coefficient (Wildman–Crippen LogP) is 5.97. The number of anilines is 1. The Bertz CT molecular complexity index is 1430. The molecule has 0 radical (unpaired) electrons. The highest BCUT2D eigenvalue weighted by Gasteiger charge is 2.15. The summed E-state index contributed by atoms with van der Waals surface area (Å²) in [4.78, 5) is 41.3. The fourth-order valence-electron chi connectivity index (χ4n) is 4.53. The number of rotatable bonds is 9. The van der Waals surface area contributed by atoms with Gasteiger partial charge in [0.1, 0.15) is 0 Å². The third kappa shape index (κ3) is 6.15. The molecule has 5 rings (SSSR count). The first-order valence-electron chi connectivity index (χ1n) is 12.7. The molecule has 0 unspecified atom stereocenters. The Hall–Kier alpha value is -3.87. The molecule has 0 saturated carbocycles. The van der Waals surface area contributed by atoms with E-state index in [1.807, 2.05) is 66.9 Å². The van der Waals surface area contributed by atoms with Gasteiger partial charge in [-0.25, -0.2) is 0 Å². The van der Waals surface area contributed by atoms with Crippen molar-refractivity contribution in [2.45, 2.75) is 19.8 Å². The number of hydrogen-bond donors (Lipinski definition) is 0. The molecule has 0 aliphatic carbocycles. The standard InChI is InChI=1S/C32H29NO4S/c1-22-18-31(38-21-22)30(35)20-24-4-8-27(9-5-24)32(36)26-6-2-23(3-7-26)19-29(34)25-10-12-28(13-11-25)33-14-16-37-17-15-33/h2-13,18,21H,14-17,19-20H2,1H3. The highest BCUT2D eigenvalue weighted by Crippen LogP contribution is 2.20. The van der Waals surface area contributed by atoms with Crippen LogP contribution in [-0.2, 0) is 17.6 Å². The van der Waals surface area contributed by atoms with Gasteiger partial charge in [0.05, 0.1) is 18.1 Å². The van der Waals surface area contributed by atoms with Crippen LogP contribution in [0.25, 0.3) is 0 Å². The van der Waals surface area contributed by atoms with Gasteiger partial charge in [0.25, 0.3) is 0 Å². The third-order valence-corrected chi connectivity index (χ3v) is 7.82. The van der Waals surface area contributed by atoms with Crippen LogP contribution in [0.1, 0.15) is 52.6 Å². The van der Waals surface area contributed by atoms with Crippen LogP contribution in [0, 0.1) is 6.92 Å². The Morgan fingerprint density at radius 2 is 1.26 bits per heavy atom. The summed E-state index contributed by atoms with van der Waals surface area (Å²) in [6.45, 7) is 5.14. The lowest BCUT2D eigenvalue weighted by Crippen LogP contribution is -2.36. The van der Waals surface area contributed by atoms with Crippen molar-refractivity contribution in [2.24, 2.45) is 0 Å². The van der Waals surface area contributed by atoms with E-state index in [9.17, 15) is 14.4 Å². The van der Waals surface area contributed by atoms with Crippen LogP contribution in [0.4, 0.5) is 5.69 Å². The summed E-state index contributed by atoms with van der Waals surface area (Å²) < 4.78 is 5.40.